The Hall–Kier alpha value is -2.07. The average molecular weight is 243 g/mol. The van der Waals surface area contributed by atoms with Crippen molar-refractivity contribution in [3.8, 4) is 5.75 Å². The van der Waals surface area contributed by atoms with Gasteiger partial charge in [-0.1, -0.05) is 30.3 Å². The summed E-state index contributed by atoms with van der Waals surface area (Å²) in [5.74, 6) is -0.437. The summed E-state index contributed by atoms with van der Waals surface area (Å²) in [6.07, 6.45) is 0.281. The lowest BCUT2D eigenvalue weighted by atomic mass is 9.82. The minimum absolute atomic E-state index is 0.281. The van der Waals surface area contributed by atoms with Crippen LogP contribution >= 0.6 is 0 Å². The maximum atomic E-state index is 11.5. The Balaban J connectivity index is 2.39. The third-order valence-corrected chi connectivity index (χ3v) is 3.47. The molecular weight excluding hydrogens is 230 g/mol. The molecule has 1 aliphatic heterocycles. The molecule has 1 aliphatic rings. The van der Waals surface area contributed by atoms with Crippen molar-refractivity contribution in [3.63, 3.8) is 0 Å². The zero-order chi connectivity index (χ0) is 12.8. The second-order valence-corrected chi connectivity index (χ2v) is 4.53. The standard InChI is InChI=1S/C14H13NO3/c15-14(13(16)17)7-8-18-11-6-5-9-3-1-2-4-10(9)12(11)14/h1-6H,7-8,15H2,(H,16,17). The van der Waals surface area contributed by atoms with Crippen molar-refractivity contribution in [1.82, 2.24) is 0 Å². The van der Waals surface area contributed by atoms with E-state index in [-0.39, 0.29) is 6.42 Å². The zero-order valence-corrected chi connectivity index (χ0v) is 9.72. The smallest absolute Gasteiger partial charge is 0.328 e. The van der Waals surface area contributed by atoms with Crippen LogP contribution in [-0.2, 0) is 10.3 Å². The first-order valence-electron chi connectivity index (χ1n) is 5.80. The van der Waals surface area contributed by atoms with Gasteiger partial charge in [0.2, 0.25) is 0 Å². The molecule has 0 aromatic heterocycles. The van der Waals surface area contributed by atoms with Gasteiger partial charge in [0.1, 0.15) is 11.3 Å². The largest absolute Gasteiger partial charge is 0.493 e. The molecule has 0 aliphatic carbocycles. The highest BCUT2D eigenvalue weighted by atomic mass is 16.5. The minimum atomic E-state index is -1.37. The van der Waals surface area contributed by atoms with Gasteiger partial charge in [-0.3, -0.25) is 0 Å². The van der Waals surface area contributed by atoms with E-state index < -0.39 is 11.5 Å². The molecule has 1 heterocycles. The Morgan fingerprint density at radius 2 is 2.06 bits per heavy atom. The number of carboxylic acid groups (broad SMARTS) is 1. The predicted molar refractivity (Wildman–Crippen MR) is 67.6 cm³/mol. The first-order valence-corrected chi connectivity index (χ1v) is 5.80. The van der Waals surface area contributed by atoms with Gasteiger partial charge in [-0.2, -0.15) is 0 Å². The fraction of sp³-hybridized carbons (Fsp3) is 0.214. The third-order valence-electron chi connectivity index (χ3n) is 3.47. The molecule has 0 radical (unpaired) electrons. The molecule has 0 fully saturated rings. The van der Waals surface area contributed by atoms with Gasteiger partial charge in [0.25, 0.3) is 0 Å². The van der Waals surface area contributed by atoms with Crippen LogP contribution in [0.2, 0.25) is 0 Å². The summed E-state index contributed by atoms with van der Waals surface area (Å²) < 4.78 is 5.53. The Morgan fingerprint density at radius 1 is 1.28 bits per heavy atom. The zero-order valence-electron chi connectivity index (χ0n) is 9.72. The molecule has 0 spiro atoms. The van der Waals surface area contributed by atoms with Crippen LogP contribution in [0, 0.1) is 0 Å². The van der Waals surface area contributed by atoms with Crippen molar-refractivity contribution in [1.29, 1.82) is 0 Å². The second kappa shape index (κ2) is 3.71. The number of benzene rings is 2. The van der Waals surface area contributed by atoms with Crippen molar-refractivity contribution >= 4 is 16.7 Å². The van der Waals surface area contributed by atoms with Gasteiger partial charge < -0.3 is 15.6 Å². The molecule has 3 rings (SSSR count). The highest BCUT2D eigenvalue weighted by Crippen LogP contribution is 2.40. The highest BCUT2D eigenvalue weighted by molar-refractivity contribution is 5.95. The van der Waals surface area contributed by atoms with E-state index in [9.17, 15) is 9.90 Å². The average Bonchev–Trinajstić information content (AvgIpc) is 2.38. The summed E-state index contributed by atoms with van der Waals surface area (Å²) >= 11 is 0. The fourth-order valence-corrected chi connectivity index (χ4v) is 2.49. The second-order valence-electron chi connectivity index (χ2n) is 4.53. The van der Waals surface area contributed by atoms with Gasteiger partial charge in [0.05, 0.1) is 6.61 Å². The summed E-state index contributed by atoms with van der Waals surface area (Å²) in [7, 11) is 0. The van der Waals surface area contributed by atoms with Gasteiger partial charge in [0.15, 0.2) is 0 Å². The van der Waals surface area contributed by atoms with Crippen LogP contribution in [0.25, 0.3) is 10.8 Å². The quantitative estimate of drug-likeness (QED) is 0.801. The number of hydrogen-bond acceptors (Lipinski definition) is 3. The van der Waals surface area contributed by atoms with E-state index in [1.807, 2.05) is 30.3 Å². The molecule has 0 saturated heterocycles. The Morgan fingerprint density at radius 3 is 2.83 bits per heavy atom. The molecule has 2 aromatic rings. The van der Waals surface area contributed by atoms with Crippen molar-refractivity contribution in [3.05, 3.63) is 42.0 Å². The summed E-state index contributed by atoms with van der Waals surface area (Å²) in [5.41, 5.74) is 5.32. The SMILES string of the molecule is NC1(C(=O)O)CCOc2ccc3ccccc3c21. The molecule has 18 heavy (non-hydrogen) atoms. The molecule has 4 heteroatoms. The molecule has 0 amide bonds. The molecule has 92 valence electrons. The van der Waals surface area contributed by atoms with Crippen LogP contribution in [0.15, 0.2) is 36.4 Å². The number of fused-ring (bicyclic) bond motifs is 3. The predicted octanol–water partition coefficient (Wildman–Crippen LogP) is 1.86. The number of carboxylic acids is 1. The van der Waals surface area contributed by atoms with E-state index in [1.54, 1.807) is 6.07 Å². The van der Waals surface area contributed by atoms with E-state index in [2.05, 4.69) is 0 Å². The van der Waals surface area contributed by atoms with Crippen LogP contribution in [-0.4, -0.2) is 17.7 Å². The van der Waals surface area contributed by atoms with Gasteiger partial charge in [-0.05, 0) is 16.8 Å². The van der Waals surface area contributed by atoms with Gasteiger partial charge in [-0.15, -0.1) is 0 Å². The number of ether oxygens (including phenoxy) is 1. The van der Waals surface area contributed by atoms with E-state index in [0.29, 0.717) is 17.9 Å². The van der Waals surface area contributed by atoms with Crippen LogP contribution < -0.4 is 10.5 Å². The number of aliphatic carboxylic acids is 1. The fourth-order valence-electron chi connectivity index (χ4n) is 2.49. The molecule has 0 bridgehead atoms. The first-order chi connectivity index (χ1) is 8.63. The lowest BCUT2D eigenvalue weighted by Crippen LogP contribution is -2.48. The normalized spacial score (nSPS) is 22.3. The van der Waals surface area contributed by atoms with Crippen LogP contribution in [0.1, 0.15) is 12.0 Å². The minimum Gasteiger partial charge on any atom is -0.493 e. The molecule has 2 aromatic carbocycles. The number of rotatable bonds is 1. The van der Waals surface area contributed by atoms with E-state index in [0.717, 1.165) is 10.8 Å². The van der Waals surface area contributed by atoms with Crippen molar-refractivity contribution < 1.29 is 14.6 Å². The third kappa shape index (κ3) is 1.39. The first kappa shape index (κ1) is 11.0. The van der Waals surface area contributed by atoms with Crippen LogP contribution in [0.3, 0.4) is 0 Å². The Bertz CT molecular complexity index is 638. The van der Waals surface area contributed by atoms with Gasteiger partial charge >= 0.3 is 5.97 Å². The van der Waals surface area contributed by atoms with Crippen molar-refractivity contribution in [2.45, 2.75) is 12.0 Å². The van der Waals surface area contributed by atoms with Crippen molar-refractivity contribution in [2.75, 3.05) is 6.61 Å². The molecule has 3 N–H and O–H groups in total. The maximum absolute atomic E-state index is 11.5. The van der Waals surface area contributed by atoms with Gasteiger partial charge in [-0.25, -0.2) is 4.79 Å². The molecule has 1 unspecified atom stereocenters. The summed E-state index contributed by atoms with van der Waals surface area (Å²) in [5, 5.41) is 11.2. The van der Waals surface area contributed by atoms with E-state index in [4.69, 9.17) is 10.5 Å². The van der Waals surface area contributed by atoms with Crippen molar-refractivity contribution in [2.24, 2.45) is 5.73 Å². The summed E-state index contributed by atoms with van der Waals surface area (Å²) in [4.78, 5) is 11.5. The molecular formula is C14H13NO3. The van der Waals surface area contributed by atoms with Gasteiger partial charge in [0, 0.05) is 12.0 Å². The Labute approximate surface area is 104 Å². The van der Waals surface area contributed by atoms with E-state index in [1.165, 1.54) is 0 Å². The molecule has 0 saturated carbocycles. The van der Waals surface area contributed by atoms with Crippen LogP contribution in [0.5, 0.6) is 5.75 Å². The topological polar surface area (TPSA) is 72.6 Å². The monoisotopic (exact) mass is 243 g/mol. The molecule has 4 nitrogen and oxygen atoms in total. The van der Waals surface area contributed by atoms with Crippen LogP contribution in [0.4, 0.5) is 0 Å². The summed E-state index contributed by atoms with van der Waals surface area (Å²) in [6, 6.07) is 11.3. The maximum Gasteiger partial charge on any atom is 0.328 e. The molecule has 1 atom stereocenters. The Kier molecular flexibility index (Phi) is 2.28. The summed E-state index contributed by atoms with van der Waals surface area (Å²) in [6.45, 7) is 0.328. The number of nitrogens with two attached hydrogens (primary N) is 1. The highest BCUT2D eigenvalue weighted by Gasteiger charge is 2.42. The lowest BCUT2D eigenvalue weighted by Gasteiger charge is -2.32. The van der Waals surface area contributed by atoms with E-state index >= 15 is 0 Å². The number of hydrogen-bond donors (Lipinski definition) is 2. The number of carbonyl (C=O) groups is 1. The lowest BCUT2D eigenvalue weighted by molar-refractivity contribution is -0.144.